The van der Waals surface area contributed by atoms with Crippen LogP contribution < -0.4 is 14.4 Å². The predicted octanol–water partition coefficient (Wildman–Crippen LogP) is 6.67. The van der Waals surface area contributed by atoms with E-state index in [9.17, 15) is 18.0 Å². The Morgan fingerprint density at radius 1 is 0.891 bits per heavy atom. The van der Waals surface area contributed by atoms with Gasteiger partial charge in [0.15, 0.2) is 0 Å². The standard InChI is InChI=1S/C35H37Cl2N3O5S/c1-24(2)38-35(42)32(20-26-10-6-5-7-11-26)39(22-27-16-17-28(36)21-30(27)37)34(41)23-40(31-12-8-9-13-33(31)45-4)46(43,44)29-18-14-25(3)15-19-29/h5-19,21,24,32H,20,22-23H2,1-4H3,(H,38,42)/t32-/m0/s1. The summed E-state index contributed by atoms with van der Waals surface area (Å²) in [5.74, 6) is -0.744. The van der Waals surface area contributed by atoms with E-state index in [1.165, 1.54) is 24.1 Å². The molecule has 242 valence electrons. The number of carbonyl (C=O) groups is 2. The lowest BCUT2D eigenvalue weighted by Crippen LogP contribution is -2.54. The molecule has 0 bridgehead atoms. The van der Waals surface area contributed by atoms with E-state index in [-0.39, 0.29) is 41.2 Å². The molecule has 4 rings (SSSR count). The maximum absolute atomic E-state index is 14.6. The van der Waals surface area contributed by atoms with Crippen LogP contribution in [0.2, 0.25) is 10.0 Å². The number of benzene rings is 4. The predicted molar refractivity (Wildman–Crippen MR) is 183 cm³/mol. The lowest BCUT2D eigenvalue weighted by atomic mass is 10.0. The van der Waals surface area contributed by atoms with Gasteiger partial charge in [0.2, 0.25) is 11.8 Å². The van der Waals surface area contributed by atoms with Crippen molar-refractivity contribution in [2.45, 2.75) is 50.7 Å². The van der Waals surface area contributed by atoms with Gasteiger partial charge in [-0.05, 0) is 68.3 Å². The van der Waals surface area contributed by atoms with Crippen LogP contribution in [0.5, 0.6) is 5.75 Å². The van der Waals surface area contributed by atoms with E-state index in [1.54, 1.807) is 54.6 Å². The van der Waals surface area contributed by atoms with E-state index >= 15 is 0 Å². The molecule has 0 aliphatic heterocycles. The summed E-state index contributed by atoms with van der Waals surface area (Å²) in [7, 11) is -2.85. The van der Waals surface area contributed by atoms with Crippen molar-refractivity contribution in [3.05, 3.63) is 124 Å². The second-order valence-corrected chi connectivity index (χ2v) is 13.8. The molecule has 1 N–H and O–H groups in total. The fraction of sp³-hybridized carbons (Fsp3) is 0.257. The van der Waals surface area contributed by atoms with E-state index < -0.39 is 28.5 Å². The summed E-state index contributed by atoms with van der Waals surface area (Å²) in [5.41, 5.74) is 2.42. The first-order chi connectivity index (χ1) is 21.9. The molecule has 0 aliphatic rings. The molecule has 4 aromatic carbocycles. The molecule has 0 aromatic heterocycles. The van der Waals surface area contributed by atoms with Gasteiger partial charge < -0.3 is 15.0 Å². The Labute approximate surface area is 280 Å². The second kappa shape index (κ2) is 15.5. The van der Waals surface area contributed by atoms with E-state index in [1.807, 2.05) is 51.1 Å². The van der Waals surface area contributed by atoms with E-state index in [2.05, 4.69) is 5.32 Å². The van der Waals surface area contributed by atoms with Gasteiger partial charge in [-0.2, -0.15) is 0 Å². The zero-order valence-electron chi connectivity index (χ0n) is 26.1. The summed E-state index contributed by atoms with van der Waals surface area (Å²) in [4.78, 5) is 29.8. The quantitative estimate of drug-likeness (QED) is 0.170. The SMILES string of the molecule is COc1ccccc1N(CC(=O)N(Cc1ccc(Cl)cc1Cl)[C@@H](Cc1ccccc1)C(=O)NC(C)C)S(=O)(=O)c1ccc(C)cc1. The first kappa shape index (κ1) is 34.8. The van der Waals surface area contributed by atoms with Crippen molar-refractivity contribution in [3.63, 3.8) is 0 Å². The van der Waals surface area contributed by atoms with Crippen LogP contribution in [0.1, 0.15) is 30.5 Å². The maximum atomic E-state index is 14.6. The summed E-state index contributed by atoms with van der Waals surface area (Å²) in [6, 6.07) is 25.9. The molecule has 0 heterocycles. The number of hydrogen-bond donors (Lipinski definition) is 1. The minimum absolute atomic E-state index is 0.00230. The third-order valence-corrected chi connectivity index (χ3v) is 9.66. The second-order valence-electron chi connectivity index (χ2n) is 11.1. The Morgan fingerprint density at radius 2 is 1.54 bits per heavy atom. The molecule has 2 amide bonds. The van der Waals surface area contributed by atoms with Crippen LogP contribution in [0.15, 0.2) is 102 Å². The average Bonchev–Trinajstić information content (AvgIpc) is 3.02. The number of anilines is 1. The van der Waals surface area contributed by atoms with Gasteiger partial charge in [0.1, 0.15) is 18.3 Å². The van der Waals surface area contributed by atoms with Gasteiger partial charge in [-0.25, -0.2) is 8.42 Å². The topological polar surface area (TPSA) is 96.0 Å². The Bertz CT molecular complexity index is 1770. The van der Waals surface area contributed by atoms with Gasteiger partial charge in [-0.3, -0.25) is 13.9 Å². The average molecular weight is 683 g/mol. The summed E-state index contributed by atoms with van der Waals surface area (Å²) in [6.07, 6.45) is 0.176. The third kappa shape index (κ3) is 8.60. The zero-order valence-corrected chi connectivity index (χ0v) is 28.4. The molecule has 46 heavy (non-hydrogen) atoms. The van der Waals surface area contributed by atoms with Crippen molar-refractivity contribution in [2.24, 2.45) is 0 Å². The lowest BCUT2D eigenvalue weighted by Gasteiger charge is -2.34. The number of rotatable bonds is 13. The van der Waals surface area contributed by atoms with Crippen molar-refractivity contribution in [1.29, 1.82) is 0 Å². The number of nitrogens with zero attached hydrogens (tertiary/aromatic N) is 2. The Morgan fingerprint density at radius 3 is 2.17 bits per heavy atom. The minimum Gasteiger partial charge on any atom is -0.495 e. The number of nitrogens with one attached hydrogen (secondary N) is 1. The van der Waals surface area contributed by atoms with Crippen molar-refractivity contribution in [3.8, 4) is 5.75 Å². The Hall–Kier alpha value is -4.05. The number of methoxy groups -OCH3 is 1. The van der Waals surface area contributed by atoms with Crippen molar-refractivity contribution in [1.82, 2.24) is 10.2 Å². The molecule has 0 fully saturated rings. The molecular weight excluding hydrogens is 645 g/mol. The molecule has 0 radical (unpaired) electrons. The summed E-state index contributed by atoms with van der Waals surface area (Å²) < 4.78 is 35.0. The van der Waals surface area contributed by atoms with Crippen molar-refractivity contribution < 1.29 is 22.7 Å². The molecule has 11 heteroatoms. The Balaban J connectivity index is 1.85. The summed E-state index contributed by atoms with van der Waals surface area (Å²) >= 11 is 12.7. The Kier molecular flexibility index (Phi) is 11.7. The van der Waals surface area contributed by atoms with Gasteiger partial charge in [0.25, 0.3) is 10.0 Å². The number of para-hydroxylation sites is 2. The van der Waals surface area contributed by atoms with E-state index in [0.29, 0.717) is 15.6 Å². The number of hydrogen-bond acceptors (Lipinski definition) is 5. The highest BCUT2D eigenvalue weighted by Gasteiger charge is 2.36. The molecule has 0 unspecified atom stereocenters. The normalized spacial score (nSPS) is 12.0. The van der Waals surface area contributed by atoms with Gasteiger partial charge in [0.05, 0.1) is 17.7 Å². The molecule has 8 nitrogen and oxygen atoms in total. The van der Waals surface area contributed by atoms with Crippen LogP contribution in [-0.4, -0.2) is 50.9 Å². The number of sulfonamides is 1. The molecule has 0 spiro atoms. The van der Waals surface area contributed by atoms with Gasteiger partial charge in [-0.15, -0.1) is 0 Å². The summed E-state index contributed by atoms with van der Waals surface area (Å²) in [6.45, 7) is 4.81. The number of amides is 2. The van der Waals surface area contributed by atoms with Gasteiger partial charge in [0, 0.05) is 29.1 Å². The fourth-order valence-corrected chi connectivity index (χ4v) is 6.85. The first-order valence-electron chi connectivity index (χ1n) is 14.7. The fourth-order valence-electron chi connectivity index (χ4n) is 4.95. The van der Waals surface area contributed by atoms with E-state index in [0.717, 1.165) is 15.4 Å². The number of aryl methyl sites for hydroxylation is 1. The number of halogens is 2. The molecule has 0 saturated heterocycles. The smallest absolute Gasteiger partial charge is 0.264 e. The van der Waals surface area contributed by atoms with Crippen LogP contribution in [0.3, 0.4) is 0 Å². The van der Waals surface area contributed by atoms with Crippen LogP contribution in [0, 0.1) is 6.92 Å². The van der Waals surface area contributed by atoms with Crippen LogP contribution >= 0.6 is 23.2 Å². The van der Waals surface area contributed by atoms with Crippen molar-refractivity contribution in [2.75, 3.05) is 18.0 Å². The highest BCUT2D eigenvalue weighted by atomic mass is 35.5. The lowest BCUT2D eigenvalue weighted by molar-refractivity contribution is -0.140. The maximum Gasteiger partial charge on any atom is 0.264 e. The van der Waals surface area contributed by atoms with Crippen LogP contribution in [0.4, 0.5) is 5.69 Å². The highest BCUT2D eigenvalue weighted by Crippen LogP contribution is 2.33. The number of ether oxygens (including phenoxy) is 1. The van der Waals surface area contributed by atoms with Gasteiger partial charge >= 0.3 is 0 Å². The molecule has 4 aromatic rings. The summed E-state index contributed by atoms with van der Waals surface area (Å²) in [5, 5.41) is 3.65. The molecule has 0 aliphatic carbocycles. The van der Waals surface area contributed by atoms with E-state index in [4.69, 9.17) is 27.9 Å². The number of carbonyl (C=O) groups excluding carboxylic acids is 2. The highest BCUT2D eigenvalue weighted by molar-refractivity contribution is 7.92. The van der Waals surface area contributed by atoms with Gasteiger partial charge in [-0.1, -0.05) is 89.4 Å². The molecule has 0 saturated carbocycles. The molecular formula is C35H37Cl2N3O5S. The third-order valence-electron chi connectivity index (χ3n) is 7.30. The van der Waals surface area contributed by atoms with Crippen LogP contribution in [-0.2, 0) is 32.6 Å². The monoisotopic (exact) mass is 681 g/mol. The largest absolute Gasteiger partial charge is 0.495 e. The zero-order chi connectivity index (χ0) is 33.4. The molecule has 1 atom stereocenters. The van der Waals surface area contributed by atoms with Crippen LogP contribution in [0.25, 0.3) is 0 Å². The first-order valence-corrected chi connectivity index (χ1v) is 16.9. The minimum atomic E-state index is -4.28. The van der Waals surface area contributed by atoms with Crippen molar-refractivity contribution >= 4 is 50.7 Å².